The zero-order valence-electron chi connectivity index (χ0n) is 12.0. The molecule has 0 unspecified atom stereocenters. The molecule has 1 aromatic heterocycles. The van der Waals surface area contributed by atoms with Crippen LogP contribution < -0.4 is 14.8 Å². The average Bonchev–Trinajstić information content (AvgIpc) is 2.52. The minimum absolute atomic E-state index is 0.730. The molecule has 0 aliphatic heterocycles. The number of nitrogens with one attached hydrogen (secondary N) is 1. The van der Waals surface area contributed by atoms with Crippen LogP contribution in [0.4, 0.5) is 5.82 Å². The fourth-order valence-electron chi connectivity index (χ4n) is 1.80. The fraction of sp³-hybridized carbons (Fsp3) is 0.333. The third-order valence-corrected chi connectivity index (χ3v) is 2.84. The summed E-state index contributed by atoms with van der Waals surface area (Å²) >= 11 is 0. The van der Waals surface area contributed by atoms with Crippen LogP contribution in [0, 0.1) is 0 Å². The smallest absolute Gasteiger partial charge is 0.145 e. The lowest BCUT2D eigenvalue weighted by atomic mass is 10.1. The van der Waals surface area contributed by atoms with E-state index >= 15 is 0 Å². The van der Waals surface area contributed by atoms with Crippen LogP contribution in [0.3, 0.4) is 0 Å². The van der Waals surface area contributed by atoms with Gasteiger partial charge in [0.1, 0.15) is 17.3 Å². The first-order valence-corrected chi connectivity index (χ1v) is 6.56. The van der Waals surface area contributed by atoms with Gasteiger partial charge in [-0.3, -0.25) is 4.98 Å². The molecule has 0 amide bonds. The molecule has 5 nitrogen and oxygen atoms in total. The van der Waals surface area contributed by atoms with Crippen LogP contribution in [0.1, 0.15) is 13.3 Å². The normalized spacial score (nSPS) is 10.2. The summed E-state index contributed by atoms with van der Waals surface area (Å²) in [6, 6.07) is 5.66. The lowest BCUT2D eigenvalue weighted by molar-refractivity contribution is 0.394. The fourth-order valence-corrected chi connectivity index (χ4v) is 1.80. The van der Waals surface area contributed by atoms with E-state index in [0.29, 0.717) is 0 Å². The molecule has 0 aliphatic rings. The molecule has 0 saturated carbocycles. The predicted molar refractivity (Wildman–Crippen MR) is 79.4 cm³/mol. The van der Waals surface area contributed by atoms with E-state index in [4.69, 9.17) is 9.47 Å². The van der Waals surface area contributed by atoms with Gasteiger partial charge >= 0.3 is 0 Å². The average molecular weight is 273 g/mol. The maximum Gasteiger partial charge on any atom is 0.145 e. The van der Waals surface area contributed by atoms with Gasteiger partial charge in [0.15, 0.2) is 0 Å². The van der Waals surface area contributed by atoms with Crippen molar-refractivity contribution in [2.75, 3.05) is 26.1 Å². The number of hydrogen-bond donors (Lipinski definition) is 1. The van der Waals surface area contributed by atoms with Gasteiger partial charge < -0.3 is 14.8 Å². The van der Waals surface area contributed by atoms with Crippen molar-refractivity contribution in [3.05, 3.63) is 30.6 Å². The van der Waals surface area contributed by atoms with Gasteiger partial charge in [-0.1, -0.05) is 6.92 Å². The highest BCUT2D eigenvalue weighted by Crippen LogP contribution is 2.28. The van der Waals surface area contributed by atoms with Crippen LogP contribution in [0.25, 0.3) is 11.3 Å². The van der Waals surface area contributed by atoms with Gasteiger partial charge in [0.2, 0.25) is 0 Å². The molecule has 0 atom stereocenters. The Morgan fingerprint density at radius 3 is 2.35 bits per heavy atom. The summed E-state index contributed by atoms with van der Waals surface area (Å²) in [7, 11) is 3.26. The molecule has 20 heavy (non-hydrogen) atoms. The lowest BCUT2D eigenvalue weighted by Crippen LogP contribution is -2.03. The number of anilines is 1. The Kier molecular flexibility index (Phi) is 4.76. The van der Waals surface area contributed by atoms with Crippen molar-refractivity contribution in [2.24, 2.45) is 0 Å². The number of aromatic nitrogens is 2. The van der Waals surface area contributed by atoms with Gasteiger partial charge in [-0.05, 0) is 18.6 Å². The molecule has 1 aromatic carbocycles. The van der Waals surface area contributed by atoms with Crippen molar-refractivity contribution in [3.63, 3.8) is 0 Å². The first-order valence-electron chi connectivity index (χ1n) is 6.56. The zero-order valence-corrected chi connectivity index (χ0v) is 12.0. The molecule has 1 N–H and O–H groups in total. The highest BCUT2D eigenvalue weighted by Gasteiger charge is 2.06. The third-order valence-electron chi connectivity index (χ3n) is 2.84. The summed E-state index contributed by atoms with van der Waals surface area (Å²) in [6.45, 7) is 2.98. The summed E-state index contributed by atoms with van der Waals surface area (Å²) in [5.74, 6) is 2.23. The molecule has 1 heterocycles. The molecule has 2 rings (SSSR count). The molecule has 0 spiro atoms. The van der Waals surface area contributed by atoms with Gasteiger partial charge in [-0.25, -0.2) is 4.98 Å². The van der Waals surface area contributed by atoms with E-state index < -0.39 is 0 Å². The maximum atomic E-state index is 5.27. The molecule has 0 saturated heterocycles. The molecule has 5 heteroatoms. The molecule has 2 aromatic rings. The Hall–Kier alpha value is -2.30. The third kappa shape index (κ3) is 3.38. The molecule has 0 bridgehead atoms. The second-order valence-corrected chi connectivity index (χ2v) is 4.32. The van der Waals surface area contributed by atoms with Gasteiger partial charge in [0.25, 0.3) is 0 Å². The first kappa shape index (κ1) is 14.1. The molecular weight excluding hydrogens is 254 g/mol. The van der Waals surface area contributed by atoms with E-state index in [9.17, 15) is 0 Å². The highest BCUT2D eigenvalue weighted by molar-refractivity contribution is 5.64. The van der Waals surface area contributed by atoms with E-state index in [-0.39, 0.29) is 0 Å². The Bertz CT molecular complexity index is 551. The molecule has 0 aliphatic carbocycles. The summed E-state index contributed by atoms with van der Waals surface area (Å²) in [5.41, 5.74) is 1.69. The van der Waals surface area contributed by atoms with Crippen molar-refractivity contribution < 1.29 is 9.47 Å². The Balaban J connectivity index is 2.34. The second kappa shape index (κ2) is 6.75. The minimum atomic E-state index is 0.730. The number of nitrogens with zero attached hydrogens (tertiary/aromatic N) is 2. The predicted octanol–water partition coefficient (Wildman–Crippen LogP) is 2.98. The van der Waals surface area contributed by atoms with Crippen molar-refractivity contribution in [3.8, 4) is 22.8 Å². The van der Waals surface area contributed by atoms with Crippen molar-refractivity contribution in [2.45, 2.75) is 13.3 Å². The summed E-state index contributed by atoms with van der Waals surface area (Å²) < 4.78 is 10.5. The van der Waals surface area contributed by atoms with Gasteiger partial charge in [-0.2, -0.15) is 0 Å². The SMILES string of the molecule is CCCNc1cncc(-c2cc(OC)cc(OC)c2)n1. The number of methoxy groups -OCH3 is 2. The standard InChI is InChI=1S/C15H19N3O2/c1-4-5-17-15-10-16-9-14(18-15)11-6-12(19-2)8-13(7-11)20-3/h6-10H,4-5H2,1-3H3,(H,17,18). The van der Waals surface area contributed by atoms with Gasteiger partial charge in [0.05, 0.1) is 32.3 Å². The lowest BCUT2D eigenvalue weighted by Gasteiger charge is -2.09. The number of rotatable bonds is 6. The van der Waals surface area contributed by atoms with Crippen molar-refractivity contribution >= 4 is 5.82 Å². The van der Waals surface area contributed by atoms with Crippen LogP contribution in [0.15, 0.2) is 30.6 Å². The van der Waals surface area contributed by atoms with Crippen molar-refractivity contribution in [1.29, 1.82) is 0 Å². The second-order valence-electron chi connectivity index (χ2n) is 4.32. The highest BCUT2D eigenvalue weighted by atomic mass is 16.5. The first-order chi connectivity index (χ1) is 9.76. The summed E-state index contributed by atoms with van der Waals surface area (Å²) in [5, 5.41) is 3.23. The van der Waals surface area contributed by atoms with Crippen LogP contribution in [-0.2, 0) is 0 Å². The number of ether oxygens (including phenoxy) is 2. The number of hydrogen-bond acceptors (Lipinski definition) is 5. The Morgan fingerprint density at radius 2 is 1.75 bits per heavy atom. The Morgan fingerprint density at radius 1 is 1.05 bits per heavy atom. The van der Waals surface area contributed by atoms with E-state index in [1.54, 1.807) is 26.6 Å². The topological polar surface area (TPSA) is 56.3 Å². The summed E-state index contributed by atoms with van der Waals surface area (Å²) in [4.78, 5) is 8.76. The van der Waals surface area contributed by atoms with Crippen LogP contribution in [0.5, 0.6) is 11.5 Å². The van der Waals surface area contributed by atoms with E-state index in [0.717, 1.165) is 41.5 Å². The van der Waals surface area contributed by atoms with Crippen LogP contribution in [-0.4, -0.2) is 30.7 Å². The Labute approximate surface area is 119 Å². The maximum absolute atomic E-state index is 5.27. The zero-order chi connectivity index (χ0) is 14.4. The largest absolute Gasteiger partial charge is 0.497 e. The van der Waals surface area contributed by atoms with E-state index in [1.807, 2.05) is 18.2 Å². The number of benzene rings is 1. The molecular formula is C15H19N3O2. The minimum Gasteiger partial charge on any atom is -0.497 e. The van der Waals surface area contributed by atoms with E-state index in [2.05, 4.69) is 22.2 Å². The van der Waals surface area contributed by atoms with Gasteiger partial charge in [0, 0.05) is 18.2 Å². The monoisotopic (exact) mass is 273 g/mol. The van der Waals surface area contributed by atoms with Gasteiger partial charge in [-0.15, -0.1) is 0 Å². The molecule has 0 radical (unpaired) electrons. The van der Waals surface area contributed by atoms with Crippen molar-refractivity contribution in [1.82, 2.24) is 9.97 Å². The molecule has 0 fully saturated rings. The summed E-state index contributed by atoms with van der Waals surface area (Å²) in [6.07, 6.45) is 4.49. The van der Waals surface area contributed by atoms with Crippen LogP contribution in [0.2, 0.25) is 0 Å². The quantitative estimate of drug-likeness (QED) is 0.876. The van der Waals surface area contributed by atoms with E-state index in [1.165, 1.54) is 0 Å². The molecule has 106 valence electrons. The van der Waals surface area contributed by atoms with Crippen LogP contribution >= 0.6 is 0 Å².